The number of benzene rings is 2. The molecular formula is C32H35N7O6. The minimum atomic E-state index is -2.08. The number of carbonyl (C=O) groups is 4. The molecule has 13 nitrogen and oxygen atoms in total. The molecule has 0 fully saturated rings. The first-order valence-corrected chi connectivity index (χ1v) is 14.4. The fourth-order valence-electron chi connectivity index (χ4n) is 4.87. The van der Waals surface area contributed by atoms with E-state index in [2.05, 4.69) is 21.2 Å². The van der Waals surface area contributed by atoms with Crippen LogP contribution in [0.2, 0.25) is 0 Å². The minimum absolute atomic E-state index is 0.0145. The van der Waals surface area contributed by atoms with Crippen molar-refractivity contribution in [2.75, 3.05) is 28.4 Å². The Bertz CT molecular complexity index is 1720. The van der Waals surface area contributed by atoms with Gasteiger partial charge in [-0.25, -0.2) is 9.80 Å². The summed E-state index contributed by atoms with van der Waals surface area (Å²) in [5.41, 5.74) is 1.79. The molecule has 0 aliphatic carbocycles. The van der Waals surface area contributed by atoms with Crippen LogP contribution in [0, 0.1) is 5.41 Å². The number of furan rings is 1. The van der Waals surface area contributed by atoms with Gasteiger partial charge in [-0.1, -0.05) is 51.1 Å². The van der Waals surface area contributed by atoms with E-state index in [1.165, 1.54) is 34.2 Å². The van der Waals surface area contributed by atoms with Crippen LogP contribution in [-0.2, 0) is 22.2 Å². The van der Waals surface area contributed by atoms with Crippen molar-refractivity contribution in [1.82, 2.24) is 20.5 Å². The smallest absolute Gasteiger partial charge is 0.429 e. The lowest BCUT2D eigenvalue weighted by Crippen LogP contribution is -2.66. The van der Waals surface area contributed by atoms with Crippen molar-refractivity contribution in [1.29, 1.82) is 0 Å². The van der Waals surface area contributed by atoms with E-state index in [4.69, 9.17) is 9.15 Å². The van der Waals surface area contributed by atoms with Gasteiger partial charge in [-0.2, -0.15) is 10.5 Å². The van der Waals surface area contributed by atoms with Gasteiger partial charge in [-0.15, -0.1) is 0 Å². The molecule has 13 heteroatoms. The highest BCUT2D eigenvalue weighted by Crippen LogP contribution is 2.40. The van der Waals surface area contributed by atoms with Gasteiger partial charge in [-0.3, -0.25) is 19.1 Å². The van der Waals surface area contributed by atoms with Gasteiger partial charge < -0.3 is 24.7 Å². The predicted octanol–water partition coefficient (Wildman–Crippen LogP) is 4.41. The van der Waals surface area contributed by atoms with Crippen LogP contribution in [0.4, 0.5) is 21.9 Å². The number of likely N-dealkylation sites (N-methyl/N-ethyl adjacent to an activating group) is 1. The molecule has 3 heterocycles. The average Bonchev–Trinajstić information content (AvgIpc) is 3.74. The van der Waals surface area contributed by atoms with E-state index in [1.54, 1.807) is 62.5 Å². The van der Waals surface area contributed by atoms with Crippen molar-refractivity contribution >= 4 is 40.9 Å². The fraction of sp³-hybridized carbons (Fsp3) is 0.281. The van der Waals surface area contributed by atoms with E-state index in [9.17, 15) is 19.2 Å². The van der Waals surface area contributed by atoms with Crippen LogP contribution >= 0.6 is 0 Å². The molecule has 4 amide bonds. The Balaban J connectivity index is 1.54. The number of hydrogen-bond acceptors (Lipinski definition) is 8. The Labute approximate surface area is 260 Å². The van der Waals surface area contributed by atoms with Crippen molar-refractivity contribution < 1.29 is 28.3 Å². The summed E-state index contributed by atoms with van der Waals surface area (Å²) in [5, 5.41) is 10.6. The molecule has 5 rings (SSSR count). The second-order valence-corrected chi connectivity index (χ2v) is 11.6. The van der Waals surface area contributed by atoms with Crippen molar-refractivity contribution in [3.63, 3.8) is 0 Å². The molecule has 0 bridgehead atoms. The lowest BCUT2D eigenvalue weighted by Gasteiger charge is -2.34. The van der Waals surface area contributed by atoms with Crippen LogP contribution in [0.15, 0.2) is 83.6 Å². The number of fused-ring (bicyclic) bond motifs is 1. The Kier molecular flexibility index (Phi) is 8.47. The van der Waals surface area contributed by atoms with Gasteiger partial charge in [0.25, 0.3) is 23.4 Å². The summed E-state index contributed by atoms with van der Waals surface area (Å²) < 4.78 is 12.8. The first-order valence-electron chi connectivity index (χ1n) is 14.4. The second kappa shape index (κ2) is 12.3. The molecule has 234 valence electrons. The standard InChI is InChI=1S/C32H35N7O6/c1-6-38(21-12-8-7-9-13-21)29(42)32(26-24(17-19-44-26)39(36-32)30(43)45-20-31(2,3)4)35-27(40)22-14-10-11-15-23(22)34-28(41)25-16-18-33-37(25)5/h7-19,36H,6,20H2,1-5H3,(H,34,41)(H,35,40). The molecule has 0 saturated carbocycles. The Morgan fingerprint density at radius 1 is 1.00 bits per heavy atom. The molecule has 45 heavy (non-hydrogen) atoms. The summed E-state index contributed by atoms with van der Waals surface area (Å²) in [6.07, 6.45) is 2.02. The van der Waals surface area contributed by atoms with E-state index in [0.717, 1.165) is 5.01 Å². The Morgan fingerprint density at radius 2 is 1.71 bits per heavy atom. The number of ether oxygens (including phenoxy) is 1. The minimum Gasteiger partial charge on any atom is -0.462 e. The number of aromatic nitrogens is 2. The first kappa shape index (κ1) is 31.0. The van der Waals surface area contributed by atoms with Crippen LogP contribution in [-0.4, -0.2) is 46.7 Å². The number of carbonyl (C=O) groups excluding carboxylic acids is 4. The van der Waals surface area contributed by atoms with Crippen LogP contribution in [0.1, 0.15) is 54.3 Å². The van der Waals surface area contributed by atoms with E-state index in [-0.39, 0.29) is 47.0 Å². The first-order chi connectivity index (χ1) is 21.4. The normalized spacial score (nSPS) is 15.7. The molecule has 1 unspecified atom stereocenters. The van der Waals surface area contributed by atoms with Crippen LogP contribution < -0.4 is 26.0 Å². The number of rotatable bonds is 8. The molecule has 2 aromatic heterocycles. The van der Waals surface area contributed by atoms with Crippen LogP contribution in [0.25, 0.3) is 0 Å². The molecule has 3 N–H and O–H groups in total. The second-order valence-electron chi connectivity index (χ2n) is 11.6. The van der Waals surface area contributed by atoms with Gasteiger partial charge in [0.15, 0.2) is 5.76 Å². The van der Waals surface area contributed by atoms with Gasteiger partial charge in [0.2, 0.25) is 0 Å². The van der Waals surface area contributed by atoms with Gasteiger partial charge >= 0.3 is 6.09 Å². The number of nitrogens with zero attached hydrogens (tertiary/aromatic N) is 4. The zero-order valence-corrected chi connectivity index (χ0v) is 25.7. The third-order valence-electron chi connectivity index (χ3n) is 7.04. The average molecular weight is 614 g/mol. The zero-order valence-electron chi connectivity index (χ0n) is 25.7. The summed E-state index contributed by atoms with van der Waals surface area (Å²) >= 11 is 0. The maximum atomic E-state index is 14.6. The molecular weight excluding hydrogens is 578 g/mol. The summed E-state index contributed by atoms with van der Waals surface area (Å²) in [4.78, 5) is 56.5. The quantitative estimate of drug-likeness (QED) is 0.264. The Hall–Kier alpha value is -5.43. The van der Waals surface area contributed by atoms with Crippen LogP contribution in [0.5, 0.6) is 0 Å². The molecule has 1 atom stereocenters. The van der Waals surface area contributed by atoms with Crippen molar-refractivity contribution in [2.24, 2.45) is 12.5 Å². The maximum Gasteiger partial charge on any atom is 0.429 e. The number of aryl methyl sites for hydroxylation is 1. The number of hydrogen-bond donors (Lipinski definition) is 3. The molecule has 0 radical (unpaired) electrons. The van der Waals surface area contributed by atoms with E-state index < -0.39 is 29.5 Å². The van der Waals surface area contributed by atoms with Crippen molar-refractivity contribution in [2.45, 2.75) is 33.4 Å². The van der Waals surface area contributed by atoms with Crippen molar-refractivity contribution in [3.05, 3.63) is 96.2 Å². The topological polar surface area (TPSA) is 151 Å². The van der Waals surface area contributed by atoms with Gasteiger partial charge in [0.05, 0.1) is 24.1 Å². The van der Waals surface area contributed by atoms with Gasteiger partial charge in [0.1, 0.15) is 11.4 Å². The number of nitrogens with one attached hydrogen (secondary N) is 3. The SMILES string of the molecule is CCN(C(=O)C1(NC(=O)c2ccccc2NC(=O)c2ccnn2C)NN(C(=O)OCC(C)(C)C)c2ccoc21)c1ccccc1. The molecule has 0 spiro atoms. The lowest BCUT2D eigenvalue weighted by molar-refractivity contribution is -0.126. The number of anilines is 3. The highest BCUT2D eigenvalue weighted by molar-refractivity contribution is 6.11. The molecule has 2 aromatic carbocycles. The third kappa shape index (κ3) is 6.15. The predicted molar refractivity (Wildman–Crippen MR) is 166 cm³/mol. The summed E-state index contributed by atoms with van der Waals surface area (Å²) in [6.45, 7) is 7.86. The maximum absolute atomic E-state index is 14.6. The highest BCUT2D eigenvalue weighted by Gasteiger charge is 2.57. The van der Waals surface area contributed by atoms with E-state index >= 15 is 0 Å². The van der Waals surface area contributed by atoms with Gasteiger partial charge in [-0.05, 0) is 42.7 Å². The molecule has 0 saturated heterocycles. The zero-order chi connectivity index (χ0) is 32.4. The van der Waals surface area contributed by atoms with E-state index in [1.807, 2.05) is 26.8 Å². The third-order valence-corrected chi connectivity index (χ3v) is 7.04. The van der Waals surface area contributed by atoms with Crippen molar-refractivity contribution in [3.8, 4) is 0 Å². The summed E-state index contributed by atoms with van der Waals surface area (Å²) in [7, 11) is 1.63. The lowest BCUT2D eigenvalue weighted by atomic mass is 9.99. The van der Waals surface area contributed by atoms with E-state index in [0.29, 0.717) is 5.69 Å². The molecule has 4 aromatic rings. The molecule has 1 aliphatic rings. The van der Waals surface area contributed by atoms with Crippen LogP contribution in [0.3, 0.4) is 0 Å². The number of para-hydroxylation sites is 2. The number of hydrazine groups is 1. The Morgan fingerprint density at radius 3 is 2.38 bits per heavy atom. The largest absolute Gasteiger partial charge is 0.462 e. The monoisotopic (exact) mass is 613 g/mol. The highest BCUT2D eigenvalue weighted by atomic mass is 16.6. The summed E-state index contributed by atoms with van der Waals surface area (Å²) in [6, 6.07) is 18.3. The number of amides is 4. The summed E-state index contributed by atoms with van der Waals surface area (Å²) in [5.74, 6) is -1.85. The fourth-order valence-corrected chi connectivity index (χ4v) is 4.87. The molecule has 1 aliphatic heterocycles. The van der Waals surface area contributed by atoms with Gasteiger partial charge in [0, 0.05) is 31.5 Å².